The number of imidazole rings is 1. The van der Waals surface area contributed by atoms with Crippen molar-refractivity contribution in [2.24, 2.45) is 7.05 Å². The third-order valence-corrected chi connectivity index (χ3v) is 5.15. The molecular weight excluding hydrogens is 286 g/mol. The summed E-state index contributed by atoms with van der Waals surface area (Å²) < 4.78 is 28.9. The molecule has 1 aromatic carbocycles. The molecule has 0 aliphatic rings. The Labute approximate surface area is 126 Å². The highest BCUT2D eigenvalue weighted by atomic mass is 32.2. The van der Waals surface area contributed by atoms with Crippen LogP contribution in [0.1, 0.15) is 25.0 Å². The molecule has 1 heterocycles. The van der Waals surface area contributed by atoms with Crippen molar-refractivity contribution in [2.75, 3.05) is 4.31 Å². The molecule has 0 fully saturated rings. The fraction of sp³-hybridized carbons (Fsp3) is 0.400. The summed E-state index contributed by atoms with van der Waals surface area (Å²) in [6.45, 7) is 7.59. The lowest BCUT2D eigenvalue weighted by atomic mass is 10.1. The number of anilines is 1. The van der Waals surface area contributed by atoms with E-state index in [2.05, 4.69) is 4.98 Å². The number of hydrogen-bond donors (Lipinski definition) is 0. The summed E-state index contributed by atoms with van der Waals surface area (Å²) >= 11 is 0. The molecule has 0 aliphatic heterocycles. The van der Waals surface area contributed by atoms with Gasteiger partial charge in [0, 0.05) is 19.3 Å². The molecule has 1 aromatic heterocycles. The van der Waals surface area contributed by atoms with Gasteiger partial charge in [0.05, 0.1) is 12.0 Å². The smallest absolute Gasteiger partial charge is 0.283 e. The molecule has 21 heavy (non-hydrogen) atoms. The summed E-state index contributed by atoms with van der Waals surface area (Å²) in [5.41, 5.74) is 2.65. The van der Waals surface area contributed by atoms with Crippen LogP contribution in [-0.2, 0) is 17.1 Å². The summed E-state index contributed by atoms with van der Waals surface area (Å²) in [6.07, 6.45) is 3.02. The van der Waals surface area contributed by atoms with E-state index in [0.717, 1.165) is 11.1 Å². The van der Waals surface area contributed by atoms with Crippen LogP contribution in [0, 0.1) is 13.8 Å². The van der Waals surface area contributed by atoms with Gasteiger partial charge in [-0.05, 0) is 44.9 Å². The largest absolute Gasteiger partial charge is 0.339 e. The number of sulfonamides is 1. The fourth-order valence-electron chi connectivity index (χ4n) is 2.26. The van der Waals surface area contributed by atoms with Crippen LogP contribution in [0.5, 0.6) is 0 Å². The van der Waals surface area contributed by atoms with Gasteiger partial charge in [0.2, 0.25) is 0 Å². The highest BCUT2D eigenvalue weighted by molar-refractivity contribution is 7.92. The molecule has 0 spiro atoms. The average Bonchev–Trinajstić information content (AvgIpc) is 2.80. The van der Waals surface area contributed by atoms with E-state index >= 15 is 0 Å². The average molecular weight is 307 g/mol. The van der Waals surface area contributed by atoms with Gasteiger partial charge in [-0.2, -0.15) is 8.42 Å². The third kappa shape index (κ3) is 2.95. The van der Waals surface area contributed by atoms with Crippen LogP contribution < -0.4 is 4.31 Å². The first-order valence-electron chi connectivity index (χ1n) is 6.83. The molecule has 0 amide bonds. The van der Waals surface area contributed by atoms with Gasteiger partial charge in [-0.3, -0.25) is 4.31 Å². The maximum absolute atomic E-state index is 12.9. The Kier molecular flexibility index (Phi) is 4.09. The topological polar surface area (TPSA) is 55.2 Å². The number of aryl methyl sites for hydroxylation is 3. The van der Waals surface area contributed by atoms with Gasteiger partial charge in [-0.1, -0.05) is 12.1 Å². The van der Waals surface area contributed by atoms with Crippen molar-refractivity contribution in [3.63, 3.8) is 0 Å². The minimum Gasteiger partial charge on any atom is -0.339 e. The molecule has 5 nitrogen and oxygen atoms in total. The Bertz CT molecular complexity index is 748. The normalized spacial score (nSPS) is 11.9. The maximum Gasteiger partial charge on any atom is 0.283 e. The van der Waals surface area contributed by atoms with E-state index in [-0.39, 0.29) is 11.1 Å². The van der Waals surface area contributed by atoms with Crippen molar-refractivity contribution in [3.8, 4) is 0 Å². The van der Waals surface area contributed by atoms with Gasteiger partial charge in [-0.25, -0.2) is 4.98 Å². The molecule has 6 heteroatoms. The van der Waals surface area contributed by atoms with Gasteiger partial charge < -0.3 is 4.57 Å². The van der Waals surface area contributed by atoms with E-state index in [1.54, 1.807) is 11.6 Å². The Balaban J connectivity index is 2.61. The second kappa shape index (κ2) is 5.52. The van der Waals surface area contributed by atoms with Crippen molar-refractivity contribution < 1.29 is 8.42 Å². The molecule has 0 unspecified atom stereocenters. The van der Waals surface area contributed by atoms with Crippen molar-refractivity contribution in [1.29, 1.82) is 0 Å². The minimum absolute atomic E-state index is 0.0691. The van der Waals surface area contributed by atoms with Crippen LogP contribution in [0.3, 0.4) is 0 Å². The first-order valence-corrected chi connectivity index (χ1v) is 8.27. The maximum atomic E-state index is 12.9. The fourth-order valence-corrected chi connectivity index (χ4v) is 3.96. The van der Waals surface area contributed by atoms with Crippen LogP contribution in [0.4, 0.5) is 5.69 Å². The van der Waals surface area contributed by atoms with Gasteiger partial charge in [-0.15, -0.1) is 0 Å². The number of hydrogen-bond acceptors (Lipinski definition) is 3. The number of aromatic nitrogens is 2. The molecule has 2 aromatic rings. The molecule has 0 bridgehead atoms. The summed E-state index contributed by atoms with van der Waals surface area (Å²) in [7, 11) is -1.92. The van der Waals surface area contributed by atoms with E-state index in [4.69, 9.17) is 0 Å². The summed E-state index contributed by atoms with van der Waals surface area (Å²) in [5, 5.41) is 0.0691. The highest BCUT2D eigenvalue weighted by Crippen LogP contribution is 2.29. The Hall–Kier alpha value is -1.82. The standard InChI is InChI=1S/C15H21N3O2S/c1-11(2)18(14-8-12(3)6-7-13(14)4)21(19,20)15-9-17(5)10-16-15/h6-11H,1-5H3. The first-order chi connectivity index (χ1) is 9.73. The number of rotatable bonds is 4. The zero-order chi connectivity index (χ0) is 15.8. The van der Waals surface area contributed by atoms with Crippen molar-refractivity contribution in [1.82, 2.24) is 9.55 Å². The Morgan fingerprint density at radius 2 is 1.90 bits per heavy atom. The molecule has 0 radical (unpaired) electrons. The lowest BCUT2D eigenvalue weighted by Crippen LogP contribution is -2.37. The minimum atomic E-state index is -3.67. The predicted molar refractivity (Wildman–Crippen MR) is 83.9 cm³/mol. The molecule has 0 saturated heterocycles. The van der Waals surface area contributed by atoms with Crippen LogP contribution in [0.15, 0.2) is 35.7 Å². The van der Waals surface area contributed by atoms with Crippen LogP contribution >= 0.6 is 0 Å². The second-order valence-corrected chi connectivity index (χ2v) is 7.32. The predicted octanol–water partition coefficient (Wildman–Crippen LogP) is 2.64. The number of benzene rings is 1. The van der Waals surface area contributed by atoms with Crippen LogP contribution in [0.25, 0.3) is 0 Å². The Morgan fingerprint density at radius 3 is 2.43 bits per heavy atom. The van der Waals surface area contributed by atoms with Crippen molar-refractivity contribution in [3.05, 3.63) is 41.9 Å². The number of nitrogens with zero attached hydrogens (tertiary/aromatic N) is 3. The summed E-state index contributed by atoms with van der Waals surface area (Å²) in [4.78, 5) is 4.00. The molecule has 114 valence electrons. The molecule has 0 N–H and O–H groups in total. The lowest BCUT2D eigenvalue weighted by Gasteiger charge is -2.29. The zero-order valence-electron chi connectivity index (χ0n) is 13.0. The molecule has 0 aliphatic carbocycles. The summed E-state index contributed by atoms with van der Waals surface area (Å²) in [6, 6.07) is 5.62. The van der Waals surface area contributed by atoms with E-state index < -0.39 is 10.0 Å². The lowest BCUT2D eigenvalue weighted by molar-refractivity contribution is 0.581. The quantitative estimate of drug-likeness (QED) is 0.872. The van der Waals surface area contributed by atoms with Crippen LogP contribution in [0.2, 0.25) is 0 Å². The monoisotopic (exact) mass is 307 g/mol. The molecule has 0 atom stereocenters. The van der Waals surface area contributed by atoms with Crippen molar-refractivity contribution in [2.45, 2.75) is 38.8 Å². The second-order valence-electron chi connectivity index (χ2n) is 5.56. The van der Waals surface area contributed by atoms with Gasteiger partial charge in [0.25, 0.3) is 10.0 Å². The first kappa shape index (κ1) is 15.6. The Morgan fingerprint density at radius 1 is 1.24 bits per heavy atom. The van der Waals surface area contributed by atoms with E-state index in [1.807, 2.05) is 45.9 Å². The van der Waals surface area contributed by atoms with Gasteiger partial charge >= 0.3 is 0 Å². The zero-order valence-corrected chi connectivity index (χ0v) is 13.8. The molecular formula is C15H21N3O2S. The summed E-state index contributed by atoms with van der Waals surface area (Å²) in [5.74, 6) is 0. The molecule has 2 rings (SSSR count). The van der Waals surface area contributed by atoms with E-state index in [9.17, 15) is 8.42 Å². The van der Waals surface area contributed by atoms with E-state index in [1.165, 1.54) is 16.8 Å². The van der Waals surface area contributed by atoms with E-state index in [0.29, 0.717) is 5.69 Å². The van der Waals surface area contributed by atoms with Crippen LogP contribution in [-0.4, -0.2) is 24.0 Å². The molecule has 0 saturated carbocycles. The van der Waals surface area contributed by atoms with Gasteiger partial charge in [0.1, 0.15) is 0 Å². The third-order valence-electron chi connectivity index (χ3n) is 3.28. The van der Waals surface area contributed by atoms with Crippen molar-refractivity contribution >= 4 is 15.7 Å². The highest BCUT2D eigenvalue weighted by Gasteiger charge is 2.30. The van der Waals surface area contributed by atoms with Gasteiger partial charge in [0.15, 0.2) is 5.03 Å². The SMILES string of the molecule is Cc1ccc(C)c(N(C(C)C)S(=O)(=O)c2cn(C)cn2)c1.